The van der Waals surface area contributed by atoms with Crippen LogP contribution in [0.1, 0.15) is 20.9 Å². The lowest BCUT2D eigenvalue weighted by Gasteiger charge is -2.26. The van der Waals surface area contributed by atoms with E-state index in [2.05, 4.69) is 5.32 Å². The quantitative estimate of drug-likeness (QED) is 0.492. The molecule has 1 aliphatic heterocycles. The Kier molecular flexibility index (Phi) is 5.54. The highest BCUT2D eigenvalue weighted by Crippen LogP contribution is 2.33. The first-order chi connectivity index (χ1) is 15.0. The number of ether oxygens (including phenoxy) is 2. The van der Waals surface area contributed by atoms with Gasteiger partial charge in [-0.05, 0) is 24.3 Å². The van der Waals surface area contributed by atoms with Crippen molar-refractivity contribution in [3.8, 4) is 5.75 Å². The molecule has 1 fully saturated rings. The Labute approximate surface area is 176 Å². The van der Waals surface area contributed by atoms with Crippen LogP contribution in [0.4, 0.5) is 11.4 Å². The van der Waals surface area contributed by atoms with E-state index < -0.39 is 10.8 Å². The topological polar surface area (TPSA) is 124 Å². The molecule has 2 amide bonds. The Balaban J connectivity index is 1.71. The number of para-hydroxylation sites is 1. The molecular formula is C21H19N3O7. The first-order valence-electron chi connectivity index (χ1n) is 9.52. The first kappa shape index (κ1) is 20.4. The number of anilines is 1. The number of hydrogen-bond donors (Lipinski definition) is 1. The predicted octanol–water partition coefficient (Wildman–Crippen LogP) is 3.07. The largest absolute Gasteiger partial charge is 0.490 e. The van der Waals surface area contributed by atoms with Gasteiger partial charge in [-0.15, -0.1) is 0 Å². The average molecular weight is 425 g/mol. The zero-order chi connectivity index (χ0) is 22.0. The van der Waals surface area contributed by atoms with E-state index in [-0.39, 0.29) is 34.4 Å². The molecule has 1 aliphatic rings. The van der Waals surface area contributed by atoms with Gasteiger partial charge in [0.05, 0.1) is 25.2 Å². The molecule has 0 radical (unpaired) electrons. The summed E-state index contributed by atoms with van der Waals surface area (Å²) in [4.78, 5) is 38.2. The van der Waals surface area contributed by atoms with Crippen LogP contribution < -0.4 is 10.1 Å². The fourth-order valence-electron chi connectivity index (χ4n) is 3.39. The second-order valence-corrected chi connectivity index (χ2v) is 6.80. The number of carbonyl (C=O) groups is 2. The number of benzene rings is 2. The molecule has 0 atom stereocenters. The van der Waals surface area contributed by atoms with Gasteiger partial charge in [0.1, 0.15) is 11.3 Å². The van der Waals surface area contributed by atoms with Crippen LogP contribution in [0.5, 0.6) is 5.75 Å². The monoisotopic (exact) mass is 425 g/mol. The van der Waals surface area contributed by atoms with E-state index in [9.17, 15) is 19.7 Å². The van der Waals surface area contributed by atoms with Crippen molar-refractivity contribution in [2.45, 2.75) is 0 Å². The molecule has 1 aromatic heterocycles. The standard InChI is InChI=1S/C21H19N3O7/c1-29-17-7-6-13(12-15(17)24(27)28)20(25)22-18-14-4-2-3-5-16(14)31-19(18)21(26)23-8-10-30-11-9-23/h2-7,12H,8-11H2,1H3,(H,22,25). The smallest absolute Gasteiger partial charge is 0.311 e. The summed E-state index contributed by atoms with van der Waals surface area (Å²) >= 11 is 0. The third-order valence-corrected chi connectivity index (χ3v) is 4.96. The molecule has 0 aliphatic carbocycles. The van der Waals surface area contributed by atoms with Crippen molar-refractivity contribution in [3.63, 3.8) is 0 Å². The average Bonchev–Trinajstić information content (AvgIpc) is 3.17. The molecule has 3 aromatic rings. The zero-order valence-electron chi connectivity index (χ0n) is 16.6. The van der Waals surface area contributed by atoms with Gasteiger partial charge >= 0.3 is 5.69 Å². The molecule has 1 N–H and O–H groups in total. The van der Waals surface area contributed by atoms with Gasteiger partial charge < -0.3 is 24.1 Å². The van der Waals surface area contributed by atoms with Crippen molar-refractivity contribution in [1.29, 1.82) is 0 Å². The Morgan fingerprint density at radius 1 is 1.16 bits per heavy atom. The molecule has 2 heterocycles. The van der Waals surface area contributed by atoms with Gasteiger partial charge in [-0.1, -0.05) is 12.1 Å². The minimum absolute atomic E-state index is 0.000499. The fraction of sp³-hybridized carbons (Fsp3) is 0.238. The second-order valence-electron chi connectivity index (χ2n) is 6.80. The molecular weight excluding hydrogens is 406 g/mol. The van der Waals surface area contributed by atoms with Gasteiger partial charge in [0.2, 0.25) is 5.76 Å². The Bertz CT molecular complexity index is 1160. The van der Waals surface area contributed by atoms with E-state index in [0.717, 1.165) is 6.07 Å². The van der Waals surface area contributed by atoms with Gasteiger partial charge in [0.15, 0.2) is 5.75 Å². The fourth-order valence-corrected chi connectivity index (χ4v) is 3.39. The summed E-state index contributed by atoms with van der Waals surface area (Å²) in [5.74, 6) is -0.943. The van der Waals surface area contributed by atoms with E-state index >= 15 is 0 Å². The van der Waals surface area contributed by atoms with E-state index in [4.69, 9.17) is 13.9 Å². The maximum atomic E-state index is 13.1. The highest BCUT2D eigenvalue weighted by molar-refractivity contribution is 6.14. The number of rotatable bonds is 5. The lowest BCUT2D eigenvalue weighted by Crippen LogP contribution is -2.40. The van der Waals surface area contributed by atoms with E-state index in [1.807, 2.05) is 0 Å². The van der Waals surface area contributed by atoms with E-state index in [1.165, 1.54) is 19.2 Å². The Hall–Kier alpha value is -3.92. The van der Waals surface area contributed by atoms with E-state index in [1.54, 1.807) is 29.2 Å². The van der Waals surface area contributed by atoms with Crippen molar-refractivity contribution in [2.75, 3.05) is 38.7 Å². The number of fused-ring (bicyclic) bond motifs is 1. The number of morpholine rings is 1. The number of nitrogens with one attached hydrogen (secondary N) is 1. The first-order valence-corrected chi connectivity index (χ1v) is 9.52. The van der Waals surface area contributed by atoms with Crippen molar-refractivity contribution in [1.82, 2.24) is 4.90 Å². The number of methoxy groups -OCH3 is 1. The summed E-state index contributed by atoms with van der Waals surface area (Å²) < 4.78 is 16.0. The van der Waals surface area contributed by atoms with Crippen molar-refractivity contribution < 1.29 is 28.4 Å². The molecule has 160 valence electrons. The van der Waals surface area contributed by atoms with Gasteiger partial charge in [-0.2, -0.15) is 0 Å². The minimum Gasteiger partial charge on any atom is -0.490 e. The van der Waals surface area contributed by atoms with Crippen LogP contribution in [-0.2, 0) is 4.74 Å². The Morgan fingerprint density at radius 3 is 2.61 bits per heavy atom. The molecule has 0 spiro atoms. The SMILES string of the molecule is COc1ccc(C(=O)Nc2c(C(=O)N3CCOCC3)oc3ccccc23)cc1[N+](=O)[O-]. The van der Waals surface area contributed by atoms with Crippen LogP contribution in [0.25, 0.3) is 11.0 Å². The summed E-state index contributed by atoms with van der Waals surface area (Å²) in [7, 11) is 1.31. The molecule has 10 nitrogen and oxygen atoms in total. The van der Waals surface area contributed by atoms with Crippen LogP contribution >= 0.6 is 0 Å². The second kappa shape index (κ2) is 8.44. The van der Waals surface area contributed by atoms with Crippen LogP contribution in [0.2, 0.25) is 0 Å². The molecule has 1 saturated heterocycles. The maximum absolute atomic E-state index is 13.1. The summed E-state index contributed by atoms with van der Waals surface area (Å²) in [6.07, 6.45) is 0. The molecule has 2 aromatic carbocycles. The molecule has 31 heavy (non-hydrogen) atoms. The summed E-state index contributed by atoms with van der Waals surface area (Å²) in [5, 5.41) is 14.5. The highest BCUT2D eigenvalue weighted by Gasteiger charge is 2.28. The summed E-state index contributed by atoms with van der Waals surface area (Å²) in [5.41, 5.74) is 0.366. The molecule has 0 bridgehead atoms. The number of furan rings is 1. The van der Waals surface area contributed by atoms with Gasteiger partial charge in [-0.3, -0.25) is 19.7 Å². The third kappa shape index (κ3) is 3.92. The zero-order valence-corrected chi connectivity index (χ0v) is 16.6. The number of nitro groups is 1. The molecule has 0 unspecified atom stereocenters. The lowest BCUT2D eigenvalue weighted by molar-refractivity contribution is -0.385. The van der Waals surface area contributed by atoms with Crippen molar-refractivity contribution >= 4 is 34.2 Å². The number of carbonyl (C=O) groups excluding carboxylic acids is 2. The third-order valence-electron chi connectivity index (χ3n) is 4.96. The van der Waals surface area contributed by atoms with Gasteiger partial charge in [-0.25, -0.2) is 0 Å². The molecule has 0 saturated carbocycles. The minimum atomic E-state index is -0.629. The maximum Gasteiger partial charge on any atom is 0.311 e. The van der Waals surface area contributed by atoms with E-state index in [0.29, 0.717) is 37.3 Å². The predicted molar refractivity (Wildman–Crippen MR) is 111 cm³/mol. The van der Waals surface area contributed by atoms with Gasteiger partial charge in [0, 0.05) is 30.1 Å². The number of nitro benzene ring substituents is 1. The number of amides is 2. The van der Waals surface area contributed by atoms with Crippen LogP contribution in [0.3, 0.4) is 0 Å². The van der Waals surface area contributed by atoms with Gasteiger partial charge in [0.25, 0.3) is 11.8 Å². The highest BCUT2D eigenvalue weighted by atomic mass is 16.6. The molecule has 4 rings (SSSR count). The summed E-state index contributed by atoms with van der Waals surface area (Å²) in [6.45, 7) is 1.66. The van der Waals surface area contributed by atoms with Crippen molar-refractivity contribution in [3.05, 3.63) is 63.9 Å². The Morgan fingerprint density at radius 2 is 1.90 bits per heavy atom. The lowest BCUT2D eigenvalue weighted by atomic mass is 10.1. The van der Waals surface area contributed by atoms with Crippen LogP contribution in [0.15, 0.2) is 46.9 Å². The normalized spacial score (nSPS) is 13.8. The molecule has 10 heteroatoms. The number of nitrogens with zero attached hydrogens (tertiary/aromatic N) is 2. The summed E-state index contributed by atoms with van der Waals surface area (Å²) in [6, 6.07) is 10.8. The van der Waals surface area contributed by atoms with Crippen molar-refractivity contribution in [2.24, 2.45) is 0 Å². The van der Waals surface area contributed by atoms with Crippen LogP contribution in [0, 0.1) is 10.1 Å². The van der Waals surface area contributed by atoms with Crippen LogP contribution in [-0.4, -0.2) is 55.1 Å². The number of hydrogen-bond acceptors (Lipinski definition) is 7.